The molecule has 2 unspecified atom stereocenters. The number of nitrogens with two attached hydrogens (primary N) is 1. The third-order valence-electron chi connectivity index (χ3n) is 3.22. The maximum absolute atomic E-state index is 10.9. The highest BCUT2D eigenvalue weighted by Gasteiger charge is 2.24. The molecule has 1 saturated heterocycles. The Hall–Kier alpha value is -1.07. The molecule has 1 fully saturated rings. The number of nitro groups is 1. The fourth-order valence-corrected chi connectivity index (χ4v) is 3.55. The fourth-order valence-electron chi connectivity index (χ4n) is 2.15. The van der Waals surface area contributed by atoms with Crippen LogP contribution in [0.1, 0.15) is 12.0 Å². The van der Waals surface area contributed by atoms with Crippen LogP contribution in [0.25, 0.3) is 0 Å². The molecule has 17 heavy (non-hydrogen) atoms. The molecule has 1 heterocycles. The van der Waals surface area contributed by atoms with Gasteiger partial charge in [-0.1, -0.05) is 18.2 Å². The summed E-state index contributed by atoms with van der Waals surface area (Å²) in [6, 6.07) is 7.22. The van der Waals surface area contributed by atoms with Gasteiger partial charge in [-0.25, -0.2) is 0 Å². The lowest BCUT2D eigenvalue weighted by Gasteiger charge is -2.13. The van der Waals surface area contributed by atoms with E-state index in [4.69, 9.17) is 5.73 Å². The number of rotatable bonds is 4. The van der Waals surface area contributed by atoms with Crippen molar-refractivity contribution >= 4 is 17.4 Å². The quantitative estimate of drug-likeness (QED) is 0.659. The van der Waals surface area contributed by atoms with Crippen LogP contribution in [0.2, 0.25) is 0 Å². The van der Waals surface area contributed by atoms with Crippen LogP contribution in [0.5, 0.6) is 0 Å². The first-order chi connectivity index (χ1) is 8.18. The first kappa shape index (κ1) is 12.4. The lowest BCUT2D eigenvalue weighted by atomic mass is 9.95. The van der Waals surface area contributed by atoms with E-state index in [9.17, 15) is 10.1 Å². The number of hydrogen-bond donors (Lipinski definition) is 1. The molecule has 92 valence electrons. The maximum Gasteiger partial charge on any atom is 0.272 e. The van der Waals surface area contributed by atoms with Crippen LogP contribution in [0.15, 0.2) is 24.3 Å². The van der Waals surface area contributed by atoms with Crippen LogP contribution in [-0.4, -0.2) is 22.5 Å². The molecule has 0 aliphatic carbocycles. The average Bonchev–Trinajstić information content (AvgIpc) is 2.72. The molecule has 1 aliphatic rings. The molecular formula is C12H16N2O2S. The van der Waals surface area contributed by atoms with Crippen LogP contribution in [0, 0.1) is 16.0 Å². The van der Waals surface area contributed by atoms with Gasteiger partial charge in [0.2, 0.25) is 0 Å². The second kappa shape index (κ2) is 5.51. The smallest absolute Gasteiger partial charge is 0.272 e. The van der Waals surface area contributed by atoms with Gasteiger partial charge < -0.3 is 5.73 Å². The second-order valence-corrected chi connectivity index (χ2v) is 5.46. The third-order valence-corrected chi connectivity index (χ3v) is 4.50. The first-order valence-corrected chi connectivity index (χ1v) is 6.89. The molecule has 0 amide bonds. The Balaban J connectivity index is 2.01. The van der Waals surface area contributed by atoms with E-state index in [0.29, 0.717) is 5.92 Å². The number of nitro benzene ring substituents is 1. The molecular weight excluding hydrogens is 236 g/mol. The van der Waals surface area contributed by atoms with Crippen molar-refractivity contribution < 1.29 is 4.92 Å². The van der Waals surface area contributed by atoms with E-state index in [2.05, 4.69) is 0 Å². The summed E-state index contributed by atoms with van der Waals surface area (Å²) < 4.78 is 0. The Morgan fingerprint density at radius 2 is 2.18 bits per heavy atom. The van der Waals surface area contributed by atoms with E-state index in [1.165, 1.54) is 0 Å². The molecule has 2 atom stereocenters. The van der Waals surface area contributed by atoms with E-state index in [0.717, 1.165) is 29.9 Å². The van der Waals surface area contributed by atoms with Crippen molar-refractivity contribution in [3.8, 4) is 0 Å². The largest absolute Gasteiger partial charge is 0.327 e. The van der Waals surface area contributed by atoms with Crippen LogP contribution in [0.4, 0.5) is 5.69 Å². The molecule has 0 spiro atoms. The molecule has 5 heteroatoms. The highest BCUT2D eigenvalue weighted by atomic mass is 32.2. The summed E-state index contributed by atoms with van der Waals surface area (Å²) in [5, 5.41) is 10.9. The monoisotopic (exact) mass is 252 g/mol. The molecule has 4 nitrogen and oxygen atoms in total. The lowest BCUT2D eigenvalue weighted by molar-refractivity contribution is -0.385. The van der Waals surface area contributed by atoms with Crippen molar-refractivity contribution in [3.05, 3.63) is 39.9 Å². The van der Waals surface area contributed by atoms with E-state index in [1.807, 2.05) is 23.9 Å². The maximum atomic E-state index is 10.9. The number of aryl methyl sites for hydroxylation is 1. The molecule has 1 aromatic carbocycles. The zero-order chi connectivity index (χ0) is 12.3. The predicted molar refractivity (Wildman–Crippen MR) is 70.2 cm³/mol. The third kappa shape index (κ3) is 2.98. The summed E-state index contributed by atoms with van der Waals surface area (Å²) in [7, 11) is 0. The van der Waals surface area contributed by atoms with Crippen LogP contribution >= 0.6 is 11.8 Å². The number of nitrogens with zero attached hydrogens (tertiary/aromatic N) is 1. The number of para-hydroxylation sites is 1. The van der Waals surface area contributed by atoms with E-state index in [1.54, 1.807) is 12.1 Å². The fraction of sp³-hybridized carbons (Fsp3) is 0.500. The summed E-state index contributed by atoms with van der Waals surface area (Å²) in [4.78, 5) is 10.6. The summed E-state index contributed by atoms with van der Waals surface area (Å²) in [5.41, 5.74) is 7.04. The van der Waals surface area contributed by atoms with Crippen molar-refractivity contribution in [2.75, 3.05) is 11.5 Å². The van der Waals surface area contributed by atoms with Crippen LogP contribution in [0.3, 0.4) is 0 Å². The first-order valence-electron chi connectivity index (χ1n) is 5.74. The van der Waals surface area contributed by atoms with Crippen LogP contribution < -0.4 is 5.73 Å². The lowest BCUT2D eigenvalue weighted by Crippen LogP contribution is -2.28. The Labute approximate surface area is 105 Å². The molecule has 0 saturated carbocycles. The second-order valence-electron chi connectivity index (χ2n) is 4.39. The number of thioether (sulfide) groups is 1. The van der Waals surface area contributed by atoms with Crippen molar-refractivity contribution in [2.45, 2.75) is 18.9 Å². The van der Waals surface area contributed by atoms with Gasteiger partial charge in [0.1, 0.15) is 0 Å². The zero-order valence-electron chi connectivity index (χ0n) is 9.54. The minimum atomic E-state index is -0.307. The molecule has 0 bridgehead atoms. The molecule has 0 radical (unpaired) electrons. The molecule has 1 aromatic rings. The Kier molecular flexibility index (Phi) is 4.02. The minimum absolute atomic E-state index is 0.228. The number of hydrogen-bond acceptors (Lipinski definition) is 4. The zero-order valence-corrected chi connectivity index (χ0v) is 10.4. The van der Waals surface area contributed by atoms with Crippen molar-refractivity contribution in [1.82, 2.24) is 0 Å². The summed E-state index contributed by atoms with van der Waals surface area (Å²) >= 11 is 1.88. The van der Waals surface area contributed by atoms with E-state index >= 15 is 0 Å². The summed E-state index contributed by atoms with van der Waals surface area (Å²) in [6.45, 7) is 0. The number of benzene rings is 1. The standard InChI is InChI=1S/C12H16N2O2S/c13-11-8-17-7-10(11)6-5-9-3-1-2-4-12(9)14(15)16/h1-4,10-11H,5-8,13H2. The molecule has 0 aromatic heterocycles. The van der Waals surface area contributed by atoms with Gasteiger partial charge in [0.05, 0.1) is 4.92 Å². The highest BCUT2D eigenvalue weighted by Crippen LogP contribution is 2.28. The van der Waals surface area contributed by atoms with Gasteiger partial charge in [0.15, 0.2) is 0 Å². The van der Waals surface area contributed by atoms with Gasteiger partial charge in [-0.2, -0.15) is 11.8 Å². The van der Waals surface area contributed by atoms with Gasteiger partial charge in [-0.3, -0.25) is 10.1 Å². The van der Waals surface area contributed by atoms with Crippen LogP contribution in [-0.2, 0) is 6.42 Å². The van der Waals surface area contributed by atoms with Gasteiger partial charge >= 0.3 is 0 Å². The van der Waals surface area contributed by atoms with Gasteiger partial charge in [0.25, 0.3) is 5.69 Å². The minimum Gasteiger partial charge on any atom is -0.327 e. The Morgan fingerprint density at radius 1 is 1.41 bits per heavy atom. The highest BCUT2D eigenvalue weighted by molar-refractivity contribution is 7.99. The molecule has 2 N–H and O–H groups in total. The van der Waals surface area contributed by atoms with Gasteiger partial charge in [-0.05, 0) is 24.5 Å². The van der Waals surface area contributed by atoms with E-state index < -0.39 is 0 Å². The van der Waals surface area contributed by atoms with E-state index in [-0.39, 0.29) is 16.7 Å². The predicted octanol–water partition coefficient (Wildman–Crippen LogP) is 2.22. The van der Waals surface area contributed by atoms with Crippen molar-refractivity contribution in [1.29, 1.82) is 0 Å². The average molecular weight is 252 g/mol. The topological polar surface area (TPSA) is 69.2 Å². The van der Waals surface area contributed by atoms with Gasteiger partial charge in [0, 0.05) is 23.4 Å². The molecule has 1 aliphatic heterocycles. The summed E-state index contributed by atoms with van der Waals surface area (Å²) in [6.07, 6.45) is 1.69. The normalized spacial score (nSPS) is 23.8. The Morgan fingerprint density at radius 3 is 2.82 bits per heavy atom. The van der Waals surface area contributed by atoms with Crippen molar-refractivity contribution in [2.24, 2.45) is 11.7 Å². The summed E-state index contributed by atoms with van der Waals surface area (Å²) in [5.74, 6) is 2.60. The molecule has 2 rings (SSSR count). The van der Waals surface area contributed by atoms with Gasteiger partial charge in [-0.15, -0.1) is 0 Å². The van der Waals surface area contributed by atoms with Crippen molar-refractivity contribution in [3.63, 3.8) is 0 Å². The Bertz CT molecular complexity index is 411. The SMILES string of the molecule is NC1CSCC1CCc1ccccc1[N+](=O)[O-].